The van der Waals surface area contributed by atoms with Crippen LogP contribution in [0.15, 0.2) is 30.3 Å². The van der Waals surface area contributed by atoms with Gasteiger partial charge in [0.1, 0.15) is 18.4 Å². The standard InChI is InChI=1S/C14H16F3N5O/c15-14(16,17)10-22-13(18-19-20-22)9-21-7-6-12(8-21)23-11-4-2-1-3-5-11/h1-5,12H,6-10H2/t12-/m0/s1. The first kappa shape index (κ1) is 15.7. The molecule has 23 heavy (non-hydrogen) atoms. The number of alkyl halides is 3. The highest BCUT2D eigenvalue weighted by molar-refractivity contribution is 5.21. The fraction of sp³-hybridized carbons (Fsp3) is 0.500. The van der Waals surface area contributed by atoms with Crippen molar-refractivity contribution in [3.63, 3.8) is 0 Å². The summed E-state index contributed by atoms with van der Waals surface area (Å²) in [4.78, 5) is 1.99. The van der Waals surface area contributed by atoms with E-state index in [-0.39, 0.29) is 18.5 Å². The van der Waals surface area contributed by atoms with Crippen LogP contribution in [0.5, 0.6) is 5.75 Å². The molecule has 1 fully saturated rings. The highest BCUT2D eigenvalue weighted by Crippen LogP contribution is 2.20. The van der Waals surface area contributed by atoms with Gasteiger partial charge in [-0.15, -0.1) is 5.10 Å². The highest BCUT2D eigenvalue weighted by atomic mass is 19.4. The summed E-state index contributed by atoms with van der Waals surface area (Å²) >= 11 is 0. The summed E-state index contributed by atoms with van der Waals surface area (Å²) in [5.74, 6) is 1.00. The molecule has 6 nitrogen and oxygen atoms in total. The monoisotopic (exact) mass is 327 g/mol. The van der Waals surface area contributed by atoms with Crippen LogP contribution in [0, 0.1) is 0 Å². The van der Waals surface area contributed by atoms with Gasteiger partial charge >= 0.3 is 6.18 Å². The molecule has 1 aromatic carbocycles. The van der Waals surface area contributed by atoms with Crippen molar-refractivity contribution in [2.45, 2.75) is 31.8 Å². The van der Waals surface area contributed by atoms with E-state index >= 15 is 0 Å². The van der Waals surface area contributed by atoms with Crippen LogP contribution >= 0.6 is 0 Å². The van der Waals surface area contributed by atoms with Gasteiger partial charge in [0.15, 0.2) is 5.82 Å². The number of benzene rings is 1. The van der Waals surface area contributed by atoms with E-state index in [9.17, 15) is 13.2 Å². The summed E-state index contributed by atoms with van der Waals surface area (Å²) in [6, 6.07) is 9.47. The lowest BCUT2D eigenvalue weighted by Crippen LogP contribution is -2.27. The van der Waals surface area contributed by atoms with Gasteiger partial charge < -0.3 is 4.74 Å². The molecular weight excluding hydrogens is 311 g/mol. The van der Waals surface area contributed by atoms with Crippen LogP contribution in [-0.2, 0) is 13.1 Å². The largest absolute Gasteiger partial charge is 0.489 e. The number of hydrogen-bond donors (Lipinski definition) is 0. The number of hydrogen-bond acceptors (Lipinski definition) is 5. The van der Waals surface area contributed by atoms with Gasteiger partial charge in [-0.25, -0.2) is 4.68 Å². The molecule has 1 aromatic heterocycles. The molecule has 0 amide bonds. The number of tetrazole rings is 1. The second kappa shape index (κ2) is 6.53. The molecule has 1 atom stereocenters. The molecule has 0 radical (unpaired) electrons. The van der Waals surface area contributed by atoms with Crippen LogP contribution < -0.4 is 4.74 Å². The number of halogens is 3. The minimum absolute atomic E-state index is 0.0179. The number of ether oxygens (including phenoxy) is 1. The van der Waals surface area contributed by atoms with Crippen LogP contribution in [0.1, 0.15) is 12.2 Å². The lowest BCUT2D eigenvalue weighted by atomic mass is 10.3. The maximum Gasteiger partial charge on any atom is 0.408 e. The number of likely N-dealkylation sites (tertiary alicyclic amines) is 1. The van der Waals surface area contributed by atoms with Gasteiger partial charge in [0.2, 0.25) is 0 Å². The minimum atomic E-state index is -4.34. The first-order valence-electron chi connectivity index (χ1n) is 7.25. The van der Waals surface area contributed by atoms with Crippen molar-refractivity contribution in [2.24, 2.45) is 0 Å². The zero-order valence-electron chi connectivity index (χ0n) is 12.3. The SMILES string of the molecule is FC(F)(F)Cn1nnnc1CN1CC[C@H](Oc2ccccc2)C1. The van der Waals surface area contributed by atoms with Crippen LogP contribution in [0.2, 0.25) is 0 Å². The molecule has 0 aliphatic carbocycles. The van der Waals surface area contributed by atoms with Gasteiger partial charge in [0, 0.05) is 13.1 Å². The quantitative estimate of drug-likeness (QED) is 0.839. The van der Waals surface area contributed by atoms with E-state index in [1.807, 2.05) is 35.2 Å². The average Bonchev–Trinajstić information content (AvgIpc) is 3.09. The lowest BCUT2D eigenvalue weighted by Gasteiger charge is -2.16. The lowest BCUT2D eigenvalue weighted by molar-refractivity contribution is -0.143. The van der Waals surface area contributed by atoms with Crippen molar-refractivity contribution in [1.29, 1.82) is 0 Å². The second-order valence-corrected chi connectivity index (χ2v) is 5.44. The third-order valence-electron chi connectivity index (χ3n) is 3.58. The second-order valence-electron chi connectivity index (χ2n) is 5.44. The number of aromatic nitrogens is 4. The van der Waals surface area contributed by atoms with Gasteiger partial charge in [0.05, 0.1) is 6.54 Å². The molecule has 0 N–H and O–H groups in total. The molecular formula is C14H16F3N5O. The Balaban J connectivity index is 1.55. The Bertz CT molecular complexity index is 631. The molecule has 0 bridgehead atoms. The number of para-hydroxylation sites is 1. The van der Waals surface area contributed by atoms with Crippen LogP contribution in [0.25, 0.3) is 0 Å². The van der Waals surface area contributed by atoms with Crippen LogP contribution in [0.3, 0.4) is 0 Å². The molecule has 1 aliphatic rings. The zero-order chi connectivity index (χ0) is 16.3. The topological polar surface area (TPSA) is 56.1 Å². The van der Waals surface area contributed by atoms with E-state index in [0.717, 1.165) is 23.4 Å². The molecule has 124 valence electrons. The van der Waals surface area contributed by atoms with E-state index in [1.165, 1.54) is 0 Å². The van der Waals surface area contributed by atoms with Crippen molar-refractivity contribution in [1.82, 2.24) is 25.1 Å². The summed E-state index contributed by atoms with van der Waals surface area (Å²) < 4.78 is 44.1. The van der Waals surface area contributed by atoms with Crippen LogP contribution in [-0.4, -0.2) is 50.5 Å². The molecule has 2 aromatic rings. The molecule has 0 unspecified atom stereocenters. The molecule has 2 heterocycles. The van der Waals surface area contributed by atoms with Crippen LogP contribution in [0.4, 0.5) is 13.2 Å². The summed E-state index contributed by atoms with van der Waals surface area (Å²) in [5.41, 5.74) is 0. The normalized spacial score (nSPS) is 19.2. The summed E-state index contributed by atoms with van der Waals surface area (Å²) in [6.45, 7) is 0.467. The van der Waals surface area contributed by atoms with Crippen molar-refractivity contribution in [2.75, 3.05) is 13.1 Å². The van der Waals surface area contributed by atoms with Gasteiger partial charge in [0.25, 0.3) is 0 Å². The molecule has 1 saturated heterocycles. The number of rotatable bonds is 5. The van der Waals surface area contributed by atoms with Crippen molar-refractivity contribution in [3.8, 4) is 5.75 Å². The third-order valence-corrected chi connectivity index (χ3v) is 3.58. The highest BCUT2D eigenvalue weighted by Gasteiger charge is 2.31. The molecule has 0 saturated carbocycles. The maximum atomic E-state index is 12.5. The Kier molecular flexibility index (Phi) is 4.46. The Labute approximate surface area is 130 Å². The molecule has 0 spiro atoms. The fourth-order valence-corrected chi connectivity index (χ4v) is 2.56. The smallest absolute Gasteiger partial charge is 0.408 e. The van der Waals surface area contributed by atoms with Crippen molar-refractivity contribution < 1.29 is 17.9 Å². The Morgan fingerprint density at radius 1 is 1.22 bits per heavy atom. The fourth-order valence-electron chi connectivity index (χ4n) is 2.56. The molecule has 3 rings (SSSR count). The van der Waals surface area contributed by atoms with Crippen molar-refractivity contribution in [3.05, 3.63) is 36.2 Å². The van der Waals surface area contributed by atoms with Gasteiger partial charge in [-0.05, 0) is 29.0 Å². The summed E-state index contributed by atoms with van der Waals surface area (Å²) in [5, 5.41) is 10.4. The average molecular weight is 327 g/mol. The first-order chi connectivity index (χ1) is 11.0. The predicted molar refractivity (Wildman–Crippen MR) is 74.6 cm³/mol. The Morgan fingerprint density at radius 3 is 2.74 bits per heavy atom. The third kappa shape index (κ3) is 4.41. The van der Waals surface area contributed by atoms with E-state index in [1.54, 1.807) is 0 Å². The summed E-state index contributed by atoms with van der Waals surface area (Å²) in [7, 11) is 0. The van der Waals surface area contributed by atoms with Gasteiger partial charge in [-0.1, -0.05) is 18.2 Å². The maximum absolute atomic E-state index is 12.5. The van der Waals surface area contributed by atoms with Gasteiger partial charge in [-0.3, -0.25) is 4.90 Å². The van der Waals surface area contributed by atoms with E-state index in [0.29, 0.717) is 6.54 Å². The molecule has 9 heteroatoms. The predicted octanol–water partition coefficient (Wildman–Crippen LogP) is 1.89. The summed E-state index contributed by atoms with van der Waals surface area (Å²) in [6.07, 6.45) is -3.51. The first-order valence-corrected chi connectivity index (χ1v) is 7.25. The van der Waals surface area contributed by atoms with Gasteiger partial charge in [-0.2, -0.15) is 13.2 Å². The van der Waals surface area contributed by atoms with E-state index in [4.69, 9.17) is 4.74 Å². The van der Waals surface area contributed by atoms with Crippen molar-refractivity contribution >= 4 is 0 Å². The van der Waals surface area contributed by atoms with E-state index in [2.05, 4.69) is 15.5 Å². The Morgan fingerprint density at radius 2 is 2.00 bits per heavy atom. The van der Waals surface area contributed by atoms with E-state index < -0.39 is 12.7 Å². The molecule has 1 aliphatic heterocycles. The Hall–Kier alpha value is -2.16. The minimum Gasteiger partial charge on any atom is -0.489 e. The zero-order valence-corrected chi connectivity index (χ0v) is 12.3. The number of nitrogens with zero attached hydrogens (tertiary/aromatic N) is 5.